The third-order valence-corrected chi connectivity index (χ3v) is 2.00. The molecule has 0 fully saturated rings. The van der Waals surface area contributed by atoms with Crippen molar-refractivity contribution < 1.29 is 0 Å². The Morgan fingerprint density at radius 3 is 0.333 bits per heavy atom. The van der Waals surface area contributed by atoms with Gasteiger partial charge >= 0.3 is 0 Å². The maximum atomic E-state index is 2.04. The number of hydrogen-bond donors (Lipinski definition) is 0. The topological polar surface area (TPSA) is 0 Å². The second kappa shape index (κ2) is 26.3. The Hall–Kier alpha value is -1.64. The van der Waals surface area contributed by atoms with E-state index >= 15 is 0 Å². The van der Waals surface area contributed by atoms with Crippen LogP contribution in [0.4, 0.5) is 0 Å². The lowest BCUT2D eigenvalue weighted by atomic mass is 10.4. The van der Waals surface area contributed by atoms with Crippen molar-refractivity contribution in [3.63, 3.8) is 0 Å². The van der Waals surface area contributed by atoms with Gasteiger partial charge in [0.2, 0.25) is 0 Å². The Bertz CT molecular complexity index is 327. The van der Waals surface area contributed by atoms with Crippen LogP contribution >= 0.6 is 23.5 Å². The van der Waals surface area contributed by atoms with Crippen LogP contribution < -0.4 is 0 Å². The fraction of sp³-hybridized carbons (Fsp3) is 0.182. The highest BCUT2D eigenvalue weighted by Gasteiger charge is 1.59. The van der Waals surface area contributed by atoms with Crippen LogP contribution in [0.2, 0.25) is 0 Å². The molecule has 130 valence electrons. The van der Waals surface area contributed by atoms with Gasteiger partial charge in [-0.05, 0) is 25.0 Å². The molecule has 0 unspecified atom stereocenters. The molecule has 0 spiro atoms. The van der Waals surface area contributed by atoms with E-state index in [9.17, 15) is 0 Å². The predicted octanol–water partition coefficient (Wildman–Crippen LogP) is 7.02. The van der Waals surface area contributed by atoms with Gasteiger partial charge in [-0.25, -0.2) is 0 Å². The molecule has 0 aliphatic carbocycles. The molecule has 3 aromatic rings. The van der Waals surface area contributed by atoms with Crippen molar-refractivity contribution in [2.75, 3.05) is 25.0 Å². The molecule has 0 radical (unpaired) electrons. The molecular weight excluding hydrogens is 328 g/mol. The van der Waals surface area contributed by atoms with Crippen molar-refractivity contribution in [1.82, 2.24) is 0 Å². The van der Waals surface area contributed by atoms with Gasteiger partial charge < -0.3 is 0 Å². The van der Waals surface area contributed by atoms with Crippen molar-refractivity contribution in [1.29, 1.82) is 0 Å². The molecule has 3 rings (SSSR count). The molecule has 0 nitrogen and oxygen atoms in total. The number of hydrogen-bond acceptors (Lipinski definition) is 2. The van der Waals surface area contributed by atoms with Gasteiger partial charge in [-0.1, -0.05) is 109 Å². The van der Waals surface area contributed by atoms with E-state index in [1.807, 2.05) is 134 Å². The zero-order valence-corrected chi connectivity index (χ0v) is 16.8. The monoisotopic (exact) mass is 358 g/mol. The highest BCUT2D eigenvalue weighted by atomic mass is 32.2. The zero-order chi connectivity index (χ0) is 18.1. The molecule has 24 heavy (non-hydrogen) atoms. The van der Waals surface area contributed by atoms with Crippen LogP contribution in [0.3, 0.4) is 0 Å². The van der Waals surface area contributed by atoms with E-state index in [1.54, 1.807) is 23.5 Å². The first-order valence-electron chi connectivity index (χ1n) is 7.63. The van der Waals surface area contributed by atoms with Crippen LogP contribution in [0.5, 0.6) is 0 Å². The minimum atomic E-state index is 1.75. The summed E-state index contributed by atoms with van der Waals surface area (Å²) in [5, 5.41) is 0. The van der Waals surface area contributed by atoms with E-state index in [-0.39, 0.29) is 0 Å². The number of thioether (sulfide) groups is 2. The average Bonchev–Trinajstić information content (AvgIpc) is 2.68. The molecule has 0 heterocycles. The van der Waals surface area contributed by atoms with E-state index in [1.165, 1.54) is 0 Å². The molecule has 2 heteroatoms. The van der Waals surface area contributed by atoms with Crippen molar-refractivity contribution in [2.24, 2.45) is 0 Å². The predicted molar refractivity (Wildman–Crippen MR) is 118 cm³/mol. The first kappa shape index (κ1) is 24.6. The van der Waals surface area contributed by atoms with E-state index in [0.29, 0.717) is 0 Å². The Balaban J connectivity index is 0. The van der Waals surface area contributed by atoms with Gasteiger partial charge in [-0.3, -0.25) is 0 Å². The number of rotatable bonds is 0. The van der Waals surface area contributed by atoms with Crippen molar-refractivity contribution in [2.45, 2.75) is 0 Å². The Morgan fingerprint density at radius 2 is 0.292 bits per heavy atom. The molecule has 0 saturated heterocycles. The van der Waals surface area contributed by atoms with Crippen LogP contribution in [0, 0.1) is 0 Å². The maximum Gasteiger partial charge on any atom is -0.0187 e. The van der Waals surface area contributed by atoms with E-state index < -0.39 is 0 Å². The summed E-state index contributed by atoms with van der Waals surface area (Å²) in [5.74, 6) is 0. The van der Waals surface area contributed by atoms with Gasteiger partial charge in [-0.2, -0.15) is 23.5 Å². The van der Waals surface area contributed by atoms with Crippen LogP contribution in [0.25, 0.3) is 0 Å². The summed E-state index contributed by atoms with van der Waals surface area (Å²) in [7, 11) is 0. The molecular formula is C22H30S2. The van der Waals surface area contributed by atoms with Crippen LogP contribution in [-0.2, 0) is 0 Å². The van der Waals surface area contributed by atoms with Crippen LogP contribution in [0.15, 0.2) is 109 Å². The smallest absolute Gasteiger partial charge is 0.0187 e. The first-order valence-corrected chi connectivity index (χ1v) is 10.9. The summed E-state index contributed by atoms with van der Waals surface area (Å²) in [6.45, 7) is 0. The van der Waals surface area contributed by atoms with Crippen LogP contribution in [0.1, 0.15) is 0 Å². The molecule has 0 bridgehead atoms. The third kappa shape index (κ3) is 28.5. The first-order chi connectivity index (χ1) is 11.8. The lowest BCUT2D eigenvalue weighted by Crippen LogP contribution is -1.47. The summed E-state index contributed by atoms with van der Waals surface area (Å²) < 4.78 is 0. The third-order valence-electron chi connectivity index (χ3n) is 2.00. The summed E-state index contributed by atoms with van der Waals surface area (Å²) in [6, 6.07) is 36.0. The fourth-order valence-electron chi connectivity index (χ4n) is 1.15. The van der Waals surface area contributed by atoms with E-state index in [2.05, 4.69) is 0 Å². The molecule has 0 N–H and O–H groups in total. The van der Waals surface area contributed by atoms with Gasteiger partial charge in [-0.15, -0.1) is 0 Å². The highest BCUT2D eigenvalue weighted by Crippen LogP contribution is 1.81. The molecule has 0 atom stereocenters. The molecule has 0 aliphatic heterocycles. The van der Waals surface area contributed by atoms with Gasteiger partial charge in [0.25, 0.3) is 0 Å². The Labute approximate surface area is 157 Å². The summed E-state index contributed by atoms with van der Waals surface area (Å²) in [5.41, 5.74) is 0. The normalized spacial score (nSPS) is 7.50. The van der Waals surface area contributed by atoms with Gasteiger partial charge in [0, 0.05) is 0 Å². The second-order valence-corrected chi connectivity index (χ2v) is 5.91. The molecule has 3 aromatic carbocycles. The average molecular weight is 359 g/mol. The minimum absolute atomic E-state index is 1.75. The summed E-state index contributed by atoms with van der Waals surface area (Å²) in [4.78, 5) is 0. The van der Waals surface area contributed by atoms with Gasteiger partial charge in [0.15, 0.2) is 0 Å². The SMILES string of the molecule is CSC.CSC.c1ccccc1.c1ccccc1.c1ccccc1. The molecule has 0 aliphatic rings. The quantitative estimate of drug-likeness (QED) is 0.423. The van der Waals surface area contributed by atoms with Gasteiger partial charge in [0.05, 0.1) is 0 Å². The summed E-state index contributed by atoms with van der Waals surface area (Å²) >= 11 is 3.50. The summed E-state index contributed by atoms with van der Waals surface area (Å²) in [6.07, 6.45) is 8.17. The minimum Gasteiger partial charge on any atom is -0.169 e. The number of benzene rings is 3. The maximum absolute atomic E-state index is 2.04. The van der Waals surface area contributed by atoms with Crippen molar-refractivity contribution >= 4 is 23.5 Å². The largest absolute Gasteiger partial charge is 0.169 e. The molecule has 0 aromatic heterocycles. The Morgan fingerprint density at radius 1 is 0.250 bits per heavy atom. The van der Waals surface area contributed by atoms with Crippen molar-refractivity contribution in [3.8, 4) is 0 Å². The Kier molecular flexibility index (Phi) is 26.9. The fourth-order valence-corrected chi connectivity index (χ4v) is 1.15. The highest BCUT2D eigenvalue weighted by molar-refractivity contribution is 7.98. The molecule has 0 amide bonds. The lowest BCUT2D eigenvalue weighted by Gasteiger charge is -1.69. The van der Waals surface area contributed by atoms with E-state index in [4.69, 9.17) is 0 Å². The van der Waals surface area contributed by atoms with Crippen LogP contribution in [-0.4, -0.2) is 25.0 Å². The van der Waals surface area contributed by atoms with Crippen molar-refractivity contribution in [3.05, 3.63) is 109 Å². The standard InChI is InChI=1S/3C6H6.2C2H6S/c3*1-2-4-6-5-3-1;2*1-3-2/h3*1-6H;2*1-2H3. The zero-order valence-electron chi connectivity index (χ0n) is 15.2. The van der Waals surface area contributed by atoms with Gasteiger partial charge in [0.1, 0.15) is 0 Å². The lowest BCUT2D eigenvalue weighted by molar-refractivity contribution is 1.72. The second-order valence-electron chi connectivity index (χ2n) is 4.28. The molecule has 0 saturated carbocycles. The van der Waals surface area contributed by atoms with E-state index in [0.717, 1.165) is 0 Å².